The van der Waals surface area contributed by atoms with Crippen LogP contribution < -0.4 is 5.32 Å². The Morgan fingerprint density at radius 2 is 2.18 bits per heavy atom. The molecule has 0 fully saturated rings. The second-order valence-electron chi connectivity index (χ2n) is 4.46. The van der Waals surface area contributed by atoms with Crippen molar-refractivity contribution in [3.05, 3.63) is 33.9 Å². The minimum atomic E-state index is -0.808. The molecular weight excluding hydrogens is 220 g/mol. The number of benzene rings is 1. The van der Waals surface area contributed by atoms with E-state index >= 15 is 0 Å². The Hall–Kier alpha value is -1.62. The number of anilines is 1. The van der Waals surface area contributed by atoms with Crippen molar-refractivity contribution in [2.45, 2.75) is 32.8 Å². The van der Waals surface area contributed by atoms with Crippen LogP contribution in [0.2, 0.25) is 0 Å². The number of non-ortho nitro benzene ring substituents is 1. The second-order valence-corrected chi connectivity index (χ2v) is 4.46. The number of nitrogens with one attached hydrogen (secondary N) is 1. The van der Waals surface area contributed by atoms with E-state index in [2.05, 4.69) is 5.32 Å². The molecule has 0 amide bonds. The topological polar surface area (TPSA) is 75.4 Å². The van der Waals surface area contributed by atoms with E-state index in [1.807, 2.05) is 13.8 Å². The van der Waals surface area contributed by atoms with Gasteiger partial charge in [0.05, 0.1) is 10.5 Å². The Bertz CT molecular complexity index is 416. The Balaban J connectivity index is 2.83. The molecule has 2 N–H and O–H groups in total. The van der Waals surface area contributed by atoms with Crippen LogP contribution in [0.25, 0.3) is 0 Å². The van der Waals surface area contributed by atoms with Crippen LogP contribution >= 0.6 is 0 Å². The summed E-state index contributed by atoms with van der Waals surface area (Å²) in [5, 5.41) is 23.6. The van der Waals surface area contributed by atoms with Crippen LogP contribution in [0, 0.1) is 17.0 Å². The predicted molar refractivity (Wildman–Crippen MR) is 67.2 cm³/mol. The molecule has 0 bridgehead atoms. The van der Waals surface area contributed by atoms with Crippen molar-refractivity contribution >= 4 is 11.4 Å². The van der Waals surface area contributed by atoms with E-state index in [9.17, 15) is 15.2 Å². The predicted octanol–water partition coefficient (Wildman–Crippen LogP) is 2.48. The van der Waals surface area contributed by atoms with Gasteiger partial charge < -0.3 is 10.4 Å². The van der Waals surface area contributed by atoms with E-state index in [-0.39, 0.29) is 5.69 Å². The van der Waals surface area contributed by atoms with E-state index in [1.54, 1.807) is 13.0 Å². The van der Waals surface area contributed by atoms with Crippen molar-refractivity contribution in [1.82, 2.24) is 0 Å². The van der Waals surface area contributed by atoms with E-state index in [0.29, 0.717) is 18.7 Å². The number of nitro groups is 1. The molecule has 17 heavy (non-hydrogen) atoms. The zero-order valence-corrected chi connectivity index (χ0v) is 10.4. The van der Waals surface area contributed by atoms with Crippen molar-refractivity contribution in [1.29, 1.82) is 0 Å². The molecule has 0 spiro atoms. The molecule has 0 heterocycles. The lowest BCUT2D eigenvalue weighted by molar-refractivity contribution is -0.384. The molecular formula is C12H18N2O3. The van der Waals surface area contributed by atoms with Crippen molar-refractivity contribution in [3.8, 4) is 0 Å². The molecule has 0 saturated heterocycles. The van der Waals surface area contributed by atoms with Gasteiger partial charge in [-0.3, -0.25) is 10.1 Å². The van der Waals surface area contributed by atoms with Crippen LogP contribution in [-0.4, -0.2) is 22.2 Å². The summed E-state index contributed by atoms with van der Waals surface area (Å²) in [5.74, 6) is 0. The third-order valence-corrected chi connectivity index (χ3v) is 2.85. The number of nitrogens with zero attached hydrogens (tertiary/aromatic N) is 1. The molecule has 1 atom stereocenters. The average molecular weight is 238 g/mol. The van der Waals surface area contributed by atoms with Gasteiger partial charge in [-0.15, -0.1) is 0 Å². The number of aryl methyl sites for hydroxylation is 1. The second kappa shape index (κ2) is 5.14. The summed E-state index contributed by atoms with van der Waals surface area (Å²) in [4.78, 5) is 10.2. The Morgan fingerprint density at radius 3 is 2.71 bits per heavy atom. The number of hydrogen-bond donors (Lipinski definition) is 2. The third kappa shape index (κ3) is 3.71. The van der Waals surface area contributed by atoms with Crippen LogP contribution in [0.15, 0.2) is 18.2 Å². The van der Waals surface area contributed by atoms with Crippen LogP contribution in [-0.2, 0) is 0 Å². The maximum Gasteiger partial charge on any atom is 0.271 e. The molecule has 5 nitrogen and oxygen atoms in total. The first-order chi connectivity index (χ1) is 7.85. The van der Waals surface area contributed by atoms with Crippen LogP contribution in [0.1, 0.15) is 25.8 Å². The van der Waals surface area contributed by atoms with Crippen molar-refractivity contribution < 1.29 is 10.0 Å². The average Bonchev–Trinajstić information content (AvgIpc) is 2.27. The van der Waals surface area contributed by atoms with Gasteiger partial charge in [0, 0.05) is 24.4 Å². The monoisotopic (exact) mass is 238 g/mol. The van der Waals surface area contributed by atoms with Crippen LogP contribution in [0.3, 0.4) is 0 Å². The SMILES string of the molecule is CCC(C)(O)CNc1cc([N+](=O)[O-])ccc1C. The molecule has 1 rings (SSSR count). The minimum absolute atomic E-state index is 0.0502. The molecule has 0 saturated carbocycles. The van der Waals surface area contributed by atoms with E-state index in [4.69, 9.17) is 0 Å². The number of rotatable bonds is 5. The summed E-state index contributed by atoms with van der Waals surface area (Å²) < 4.78 is 0. The quantitative estimate of drug-likeness (QED) is 0.610. The summed E-state index contributed by atoms with van der Waals surface area (Å²) in [5.41, 5.74) is 0.849. The number of hydrogen-bond acceptors (Lipinski definition) is 4. The van der Waals surface area contributed by atoms with Gasteiger partial charge in [-0.2, -0.15) is 0 Å². The van der Waals surface area contributed by atoms with Gasteiger partial charge in [0.2, 0.25) is 0 Å². The van der Waals surface area contributed by atoms with Gasteiger partial charge in [-0.05, 0) is 25.8 Å². The van der Waals surface area contributed by atoms with E-state index in [1.165, 1.54) is 12.1 Å². The normalized spacial score (nSPS) is 14.1. The molecule has 94 valence electrons. The highest BCUT2D eigenvalue weighted by atomic mass is 16.6. The van der Waals surface area contributed by atoms with Crippen molar-refractivity contribution in [2.75, 3.05) is 11.9 Å². The molecule has 0 aliphatic rings. The van der Waals surface area contributed by atoms with Gasteiger partial charge in [0.15, 0.2) is 0 Å². The fourth-order valence-electron chi connectivity index (χ4n) is 1.32. The lowest BCUT2D eigenvalue weighted by Gasteiger charge is -2.22. The highest BCUT2D eigenvalue weighted by molar-refractivity contribution is 5.56. The van der Waals surface area contributed by atoms with Gasteiger partial charge in [0.1, 0.15) is 0 Å². The molecule has 0 aliphatic heterocycles. The van der Waals surface area contributed by atoms with Crippen molar-refractivity contribution in [3.63, 3.8) is 0 Å². The minimum Gasteiger partial charge on any atom is -0.388 e. The number of nitro benzene ring substituents is 1. The van der Waals surface area contributed by atoms with Crippen molar-refractivity contribution in [2.24, 2.45) is 0 Å². The van der Waals surface area contributed by atoms with Gasteiger partial charge in [-0.1, -0.05) is 13.0 Å². The molecule has 0 aliphatic carbocycles. The van der Waals surface area contributed by atoms with E-state index < -0.39 is 10.5 Å². The molecule has 1 aromatic rings. The lowest BCUT2D eigenvalue weighted by atomic mass is 10.0. The summed E-state index contributed by atoms with van der Waals surface area (Å²) in [6.45, 7) is 5.85. The Kier molecular flexibility index (Phi) is 4.07. The smallest absolute Gasteiger partial charge is 0.271 e. The van der Waals surface area contributed by atoms with Crippen LogP contribution in [0.5, 0.6) is 0 Å². The first-order valence-corrected chi connectivity index (χ1v) is 5.57. The summed E-state index contributed by atoms with van der Waals surface area (Å²) in [6, 6.07) is 4.65. The molecule has 1 unspecified atom stereocenters. The molecule has 0 aromatic heterocycles. The highest BCUT2D eigenvalue weighted by Crippen LogP contribution is 2.22. The first kappa shape index (κ1) is 13.4. The number of aliphatic hydroxyl groups is 1. The molecule has 1 aromatic carbocycles. The van der Waals surface area contributed by atoms with Gasteiger partial charge >= 0.3 is 0 Å². The van der Waals surface area contributed by atoms with Gasteiger partial charge in [0.25, 0.3) is 5.69 Å². The largest absolute Gasteiger partial charge is 0.388 e. The maximum atomic E-state index is 10.7. The maximum absolute atomic E-state index is 10.7. The Morgan fingerprint density at radius 1 is 1.53 bits per heavy atom. The van der Waals surface area contributed by atoms with E-state index in [0.717, 1.165) is 5.56 Å². The van der Waals surface area contributed by atoms with Gasteiger partial charge in [-0.25, -0.2) is 0 Å². The fraction of sp³-hybridized carbons (Fsp3) is 0.500. The highest BCUT2D eigenvalue weighted by Gasteiger charge is 2.18. The fourth-order valence-corrected chi connectivity index (χ4v) is 1.32. The zero-order valence-electron chi connectivity index (χ0n) is 10.4. The molecule has 5 heteroatoms. The standard InChI is InChI=1S/C12H18N2O3/c1-4-12(3,15)8-13-11-7-10(14(16)17)6-5-9(11)2/h5-7,13,15H,4,8H2,1-3H3. The van der Waals surface area contributed by atoms with Crippen LogP contribution in [0.4, 0.5) is 11.4 Å². The lowest BCUT2D eigenvalue weighted by Crippen LogP contribution is -2.32. The Labute approximate surface area is 101 Å². The summed E-state index contributed by atoms with van der Waals surface area (Å²) >= 11 is 0. The molecule has 0 radical (unpaired) electrons. The summed E-state index contributed by atoms with van der Waals surface area (Å²) in [7, 11) is 0. The first-order valence-electron chi connectivity index (χ1n) is 5.57. The third-order valence-electron chi connectivity index (χ3n) is 2.85. The summed E-state index contributed by atoms with van der Waals surface area (Å²) in [6.07, 6.45) is 0.619. The zero-order chi connectivity index (χ0) is 13.1.